The summed E-state index contributed by atoms with van der Waals surface area (Å²) in [5.74, 6) is 0.491. The number of nitrogens with one attached hydrogen (secondary N) is 1. The maximum absolute atomic E-state index is 12.8. The Hall–Kier alpha value is -1.96. The molecule has 4 rings (SSSR count). The third-order valence-electron chi connectivity index (χ3n) is 6.57. The van der Waals surface area contributed by atoms with Gasteiger partial charge in [0.15, 0.2) is 0 Å². The quantitative estimate of drug-likeness (QED) is 0.736. The molecule has 30 heavy (non-hydrogen) atoms. The number of pyridine rings is 1. The van der Waals surface area contributed by atoms with Gasteiger partial charge >= 0.3 is 0 Å². The Morgan fingerprint density at radius 2 is 2.03 bits per heavy atom. The fourth-order valence-electron chi connectivity index (χ4n) is 5.05. The van der Waals surface area contributed by atoms with Gasteiger partial charge in [0, 0.05) is 25.8 Å². The standard InChI is InChI=1S/C23H34N4O3/c1-16-19(18-7-5-6-10-27(18)25-16)20(28)24-15-17-13-23(14-17)8-11-26(12-9-23)21(29)30-22(2,3)4/h5-7,10,17,21,29H,8-9,11-15H2,1-4H3,(H,24,28)/t21-/m1/s1. The van der Waals surface area contributed by atoms with Gasteiger partial charge in [-0.2, -0.15) is 5.10 Å². The summed E-state index contributed by atoms with van der Waals surface area (Å²) in [7, 11) is 0. The summed E-state index contributed by atoms with van der Waals surface area (Å²) >= 11 is 0. The fourth-order valence-corrected chi connectivity index (χ4v) is 5.05. The van der Waals surface area contributed by atoms with Gasteiger partial charge < -0.3 is 15.2 Å². The molecule has 2 aliphatic rings. The van der Waals surface area contributed by atoms with Crippen LogP contribution in [0.2, 0.25) is 0 Å². The van der Waals surface area contributed by atoms with Crippen molar-refractivity contribution in [2.45, 2.75) is 65.4 Å². The summed E-state index contributed by atoms with van der Waals surface area (Å²) in [6, 6.07) is 5.77. The first-order chi connectivity index (χ1) is 14.2. The van der Waals surface area contributed by atoms with Crippen LogP contribution in [0.25, 0.3) is 5.52 Å². The molecule has 7 nitrogen and oxygen atoms in total. The van der Waals surface area contributed by atoms with Gasteiger partial charge in [0.25, 0.3) is 5.91 Å². The molecule has 3 heterocycles. The number of aliphatic hydroxyl groups excluding tert-OH is 1. The van der Waals surface area contributed by atoms with E-state index in [4.69, 9.17) is 4.74 Å². The zero-order valence-electron chi connectivity index (χ0n) is 18.5. The number of hydrogen-bond donors (Lipinski definition) is 2. The van der Waals surface area contributed by atoms with Gasteiger partial charge in [0.1, 0.15) is 0 Å². The molecule has 0 unspecified atom stereocenters. The van der Waals surface area contributed by atoms with E-state index in [1.165, 1.54) is 0 Å². The summed E-state index contributed by atoms with van der Waals surface area (Å²) in [4.78, 5) is 14.8. The molecule has 1 saturated heterocycles. The van der Waals surface area contributed by atoms with Crippen molar-refractivity contribution < 1.29 is 14.6 Å². The van der Waals surface area contributed by atoms with Gasteiger partial charge in [-0.1, -0.05) is 6.07 Å². The largest absolute Gasteiger partial charge is 0.356 e. The van der Waals surface area contributed by atoms with Gasteiger partial charge in [-0.3, -0.25) is 9.69 Å². The smallest absolute Gasteiger partial charge is 0.255 e. The summed E-state index contributed by atoms with van der Waals surface area (Å²) in [6.07, 6.45) is 5.48. The number of ether oxygens (including phenoxy) is 1. The lowest BCUT2D eigenvalue weighted by Crippen LogP contribution is -2.53. The van der Waals surface area contributed by atoms with Crippen LogP contribution in [-0.4, -0.2) is 57.2 Å². The zero-order chi connectivity index (χ0) is 21.5. The van der Waals surface area contributed by atoms with E-state index in [-0.39, 0.29) is 11.5 Å². The molecule has 2 aromatic rings. The maximum Gasteiger partial charge on any atom is 0.255 e. The molecule has 1 amide bonds. The van der Waals surface area contributed by atoms with Crippen molar-refractivity contribution in [3.8, 4) is 0 Å². The van der Waals surface area contributed by atoms with Crippen LogP contribution >= 0.6 is 0 Å². The van der Waals surface area contributed by atoms with Crippen molar-refractivity contribution >= 4 is 11.4 Å². The molecule has 2 fully saturated rings. The van der Waals surface area contributed by atoms with Crippen LogP contribution in [-0.2, 0) is 4.74 Å². The van der Waals surface area contributed by atoms with Gasteiger partial charge in [0.2, 0.25) is 6.41 Å². The second-order valence-corrected chi connectivity index (χ2v) is 10.1. The van der Waals surface area contributed by atoms with E-state index in [0.717, 1.165) is 50.0 Å². The minimum atomic E-state index is -0.827. The molecule has 2 N–H and O–H groups in total. The summed E-state index contributed by atoms with van der Waals surface area (Å²) < 4.78 is 7.44. The van der Waals surface area contributed by atoms with Crippen LogP contribution in [0.5, 0.6) is 0 Å². The number of amides is 1. The molecular weight excluding hydrogens is 380 g/mol. The Kier molecular flexibility index (Phi) is 5.64. The molecule has 164 valence electrons. The van der Waals surface area contributed by atoms with Crippen LogP contribution in [0.15, 0.2) is 24.4 Å². The number of hydrogen-bond acceptors (Lipinski definition) is 5. The van der Waals surface area contributed by atoms with Gasteiger partial charge in [0.05, 0.1) is 22.4 Å². The molecule has 1 aliphatic carbocycles. The van der Waals surface area contributed by atoms with E-state index < -0.39 is 6.41 Å². The number of piperidine rings is 1. The Labute approximate surface area is 178 Å². The molecule has 2 aromatic heterocycles. The van der Waals surface area contributed by atoms with Crippen LogP contribution in [0.1, 0.15) is 62.5 Å². The van der Waals surface area contributed by atoms with Crippen LogP contribution < -0.4 is 5.32 Å². The lowest BCUT2D eigenvalue weighted by Gasteiger charge is -2.53. The second kappa shape index (κ2) is 7.94. The predicted octanol–water partition coefficient (Wildman–Crippen LogP) is 2.96. The van der Waals surface area contributed by atoms with Gasteiger partial charge in [-0.25, -0.2) is 4.52 Å². The van der Waals surface area contributed by atoms with Crippen molar-refractivity contribution in [3.05, 3.63) is 35.7 Å². The predicted molar refractivity (Wildman–Crippen MR) is 115 cm³/mol. The number of carbonyl (C=O) groups is 1. The third kappa shape index (κ3) is 4.38. The normalized spacial score (nSPS) is 21.0. The number of rotatable bonds is 5. The number of aromatic nitrogens is 2. The number of aliphatic hydroxyl groups is 1. The van der Waals surface area contributed by atoms with Crippen molar-refractivity contribution in [1.82, 2.24) is 19.8 Å². The Balaban J connectivity index is 1.25. The highest BCUT2D eigenvalue weighted by atomic mass is 16.6. The fraction of sp³-hybridized carbons (Fsp3) is 0.652. The lowest BCUT2D eigenvalue weighted by molar-refractivity contribution is -0.248. The highest BCUT2D eigenvalue weighted by Gasteiger charge is 2.46. The monoisotopic (exact) mass is 414 g/mol. The molecule has 1 saturated carbocycles. The molecular formula is C23H34N4O3. The van der Waals surface area contributed by atoms with E-state index >= 15 is 0 Å². The molecule has 0 radical (unpaired) electrons. The Bertz CT molecular complexity index is 901. The lowest BCUT2D eigenvalue weighted by atomic mass is 9.57. The SMILES string of the molecule is Cc1nn2ccccc2c1C(=O)NCC1CC2(CCN([C@H](O)OC(C)(C)C)CC2)C1. The first kappa shape index (κ1) is 21.3. The molecule has 1 atom stereocenters. The highest BCUT2D eigenvalue weighted by molar-refractivity contribution is 6.01. The van der Waals surface area contributed by atoms with Crippen molar-refractivity contribution in [1.29, 1.82) is 0 Å². The van der Waals surface area contributed by atoms with E-state index in [9.17, 15) is 9.90 Å². The number of likely N-dealkylation sites (tertiary alicyclic amines) is 1. The first-order valence-corrected chi connectivity index (χ1v) is 11.0. The molecule has 1 aliphatic heterocycles. The van der Waals surface area contributed by atoms with E-state index in [2.05, 4.69) is 10.4 Å². The topological polar surface area (TPSA) is 79.1 Å². The summed E-state index contributed by atoms with van der Waals surface area (Å²) in [5, 5.41) is 17.9. The van der Waals surface area contributed by atoms with Gasteiger partial charge in [-0.05, 0) is 76.8 Å². The minimum Gasteiger partial charge on any atom is -0.356 e. The number of nitrogens with zero attached hydrogens (tertiary/aromatic N) is 3. The summed E-state index contributed by atoms with van der Waals surface area (Å²) in [5.41, 5.74) is 2.29. The molecule has 0 bridgehead atoms. The van der Waals surface area contributed by atoms with Crippen molar-refractivity contribution in [3.63, 3.8) is 0 Å². The average molecular weight is 415 g/mol. The van der Waals surface area contributed by atoms with Crippen molar-refractivity contribution in [2.75, 3.05) is 19.6 Å². The van der Waals surface area contributed by atoms with E-state index in [1.54, 1.807) is 4.52 Å². The first-order valence-electron chi connectivity index (χ1n) is 11.0. The molecule has 1 spiro atoms. The average Bonchev–Trinajstić information content (AvgIpc) is 2.99. The maximum atomic E-state index is 12.8. The molecule has 0 aromatic carbocycles. The van der Waals surface area contributed by atoms with E-state index in [0.29, 0.717) is 23.4 Å². The molecule has 7 heteroatoms. The highest BCUT2D eigenvalue weighted by Crippen LogP contribution is 2.52. The third-order valence-corrected chi connectivity index (χ3v) is 6.57. The second-order valence-electron chi connectivity index (χ2n) is 10.1. The zero-order valence-corrected chi connectivity index (χ0v) is 18.5. The number of carbonyl (C=O) groups excluding carboxylic acids is 1. The number of fused-ring (bicyclic) bond motifs is 1. The van der Waals surface area contributed by atoms with Gasteiger partial charge in [-0.15, -0.1) is 0 Å². The summed E-state index contributed by atoms with van der Waals surface area (Å²) in [6.45, 7) is 10.2. The van der Waals surface area contributed by atoms with Crippen LogP contribution in [0.3, 0.4) is 0 Å². The number of aryl methyl sites for hydroxylation is 1. The van der Waals surface area contributed by atoms with E-state index in [1.807, 2.05) is 57.0 Å². The Morgan fingerprint density at radius 3 is 2.70 bits per heavy atom. The Morgan fingerprint density at radius 1 is 1.33 bits per heavy atom. The minimum absolute atomic E-state index is 0.0353. The van der Waals surface area contributed by atoms with Crippen molar-refractivity contribution in [2.24, 2.45) is 11.3 Å². The van der Waals surface area contributed by atoms with Crippen LogP contribution in [0.4, 0.5) is 0 Å². The van der Waals surface area contributed by atoms with Crippen LogP contribution in [0, 0.1) is 18.3 Å².